The summed E-state index contributed by atoms with van der Waals surface area (Å²) in [6.07, 6.45) is 0. The van der Waals surface area contributed by atoms with Crippen molar-refractivity contribution < 1.29 is 0 Å². The molecule has 0 aromatic heterocycles. The van der Waals surface area contributed by atoms with E-state index in [4.69, 9.17) is 0 Å². The molecule has 4 aliphatic carbocycles. The van der Waals surface area contributed by atoms with Gasteiger partial charge in [-0.1, -0.05) is 224 Å². The molecule has 0 saturated carbocycles. The highest BCUT2D eigenvalue weighted by Gasteiger charge is 2.54. The number of anilines is 3. The molecule has 0 unspecified atom stereocenters. The summed E-state index contributed by atoms with van der Waals surface area (Å²) in [5.41, 5.74) is 28.0. The first-order valence-electron chi connectivity index (χ1n) is 24.2. The Bertz CT molecular complexity index is 3730. The topological polar surface area (TPSA) is 3.24 Å². The van der Waals surface area contributed by atoms with E-state index in [1.807, 2.05) is 0 Å². The normalized spacial score (nSPS) is 14.0. The fourth-order valence-electron chi connectivity index (χ4n) is 13.3. The third-order valence-electron chi connectivity index (χ3n) is 15.9. The third-order valence-corrected chi connectivity index (χ3v) is 15.9. The molecular formula is C68H43N. The largest absolute Gasteiger partial charge is 0.310 e. The Morgan fingerprint density at radius 3 is 1.03 bits per heavy atom. The van der Waals surface area contributed by atoms with Gasteiger partial charge in [-0.05, 0) is 142 Å². The summed E-state index contributed by atoms with van der Waals surface area (Å²) >= 11 is 0. The van der Waals surface area contributed by atoms with Gasteiger partial charge in [0.2, 0.25) is 0 Å². The van der Waals surface area contributed by atoms with Crippen LogP contribution in [0.25, 0.3) is 66.8 Å². The molecule has 0 heterocycles. The number of hydrogen-bond acceptors (Lipinski definition) is 1. The summed E-state index contributed by atoms with van der Waals surface area (Å²) in [6.45, 7) is 0. The molecule has 1 nitrogen and oxygen atoms in total. The first-order valence-corrected chi connectivity index (χ1v) is 24.2. The van der Waals surface area contributed by atoms with Crippen molar-refractivity contribution in [1.29, 1.82) is 0 Å². The Morgan fingerprint density at radius 2 is 0.580 bits per heavy atom. The zero-order valence-corrected chi connectivity index (χ0v) is 37.8. The summed E-state index contributed by atoms with van der Waals surface area (Å²) < 4.78 is 0. The predicted octanol–water partition coefficient (Wildman–Crippen LogP) is 17.2. The molecule has 320 valence electrons. The SMILES string of the molecule is c1ccc(-c2cc(-c3ccccc3)cc(N(c3ccc4c(c3)C3(c5ccccc5-c5ccccc53)c3ccccc3-4)c3cccc4c3C3(c5ccccc5-c5ccccc53)c3ccccc3-4)c2)cc1. The van der Waals surface area contributed by atoms with Crippen molar-refractivity contribution in [3.05, 3.63) is 305 Å². The maximum absolute atomic E-state index is 2.61. The van der Waals surface area contributed by atoms with E-state index in [9.17, 15) is 0 Å². The van der Waals surface area contributed by atoms with Gasteiger partial charge >= 0.3 is 0 Å². The van der Waals surface area contributed by atoms with Crippen molar-refractivity contribution in [1.82, 2.24) is 0 Å². The molecule has 0 fully saturated rings. The van der Waals surface area contributed by atoms with Gasteiger partial charge in [-0.3, -0.25) is 0 Å². The second kappa shape index (κ2) is 14.4. The minimum atomic E-state index is -0.565. The lowest BCUT2D eigenvalue weighted by Crippen LogP contribution is -2.28. The molecule has 11 aromatic carbocycles. The monoisotopic (exact) mass is 873 g/mol. The molecule has 0 amide bonds. The van der Waals surface area contributed by atoms with Crippen molar-refractivity contribution in [3.63, 3.8) is 0 Å². The van der Waals surface area contributed by atoms with Gasteiger partial charge in [-0.25, -0.2) is 0 Å². The van der Waals surface area contributed by atoms with Gasteiger partial charge in [0.1, 0.15) is 0 Å². The van der Waals surface area contributed by atoms with Gasteiger partial charge < -0.3 is 4.90 Å². The summed E-state index contributed by atoms with van der Waals surface area (Å²) in [4.78, 5) is 2.61. The Morgan fingerprint density at radius 1 is 0.217 bits per heavy atom. The second-order valence-electron chi connectivity index (χ2n) is 19.0. The van der Waals surface area contributed by atoms with E-state index in [-0.39, 0.29) is 0 Å². The van der Waals surface area contributed by atoms with E-state index in [0.29, 0.717) is 0 Å². The van der Waals surface area contributed by atoms with Crippen LogP contribution >= 0.6 is 0 Å². The number of rotatable bonds is 5. The Balaban J connectivity index is 1.08. The van der Waals surface area contributed by atoms with Gasteiger partial charge in [0, 0.05) is 16.9 Å². The number of benzene rings is 11. The highest BCUT2D eigenvalue weighted by molar-refractivity contribution is 6.01. The number of fused-ring (bicyclic) bond motifs is 20. The minimum Gasteiger partial charge on any atom is -0.310 e. The third kappa shape index (κ3) is 5.04. The highest BCUT2D eigenvalue weighted by atomic mass is 15.1. The zero-order chi connectivity index (χ0) is 45.3. The molecule has 15 rings (SSSR count). The molecular weight excluding hydrogens is 831 g/mol. The lowest BCUT2D eigenvalue weighted by atomic mass is 9.69. The highest BCUT2D eigenvalue weighted by Crippen LogP contribution is 2.67. The van der Waals surface area contributed by atoms with E-state index in [2.05, 4.69) is 266 Å². The van der Waals surface area contributed by atoms with Crippen LogP contribution < -0.4 is 4.90 Å². The van der Waals surface area contributed by atoms with Crippen molar-refractivity contribution in [2.45, 2.75) is 10.8 Å². The van der Waals surface area contributed by atoms with Crippen LogP contribution in [0.4, 0.5) is 17.1 Å². The second-order valence-corrected chi connectivity index (χ2v) is 19.0. The number of nitrogens with zero attached hydrogens (tertiary/aromatic N) is 1. The molecule has 2 spiro atoms. The first kappa shape index (κ1) is 38.3. The molecule has 0 saturated heterocycles. The molecule has 0 bridgehead atoms. The molecule has 0 atom stereocenters. The van der Waals surface area contributed by atoms with Crippen LogP contribution in [0.1, 0.15) is 44.5 Å². The Kier molecular flexibility index (Phi) is 7.98. The Labute approximate surface area is 402 Å². The minimum absolute atomic E-state index is 0.499. The van der Waals surface area contributed by atoms with Gasteiger partial charge in [-0.2, -0.15) is 0 Å². The summed E-state index contributed by atoms with van der Waals surface area (Å²) in [6, 6.07) is 98.2. The van der Waals surface area contributed by atoms with Crippen LogP contribution in [0.3, 0.4) is 0 Å². The van der Waals surface area contributed by atoms with E-state index < -0.39 is 10.8 Å². The molecule has 0 N–H and O–H groups in total. The fourth-order valence-corrected chi connectivity index (χ4v) is 13.3. The zero-order valence-electron chi connectivity index (χ0n) is 37.8. The van der Waals surface area contributed by atoms with E-state index in [0.717, 1.165) is 17.1 Å². The average molecular weight is 874 g/mol. The molecule has 0 aliphatic heterocycles. The van der Waals surface area contributed by atoms with E-state index >= 15 is 0 Å². The maximum atomic E-state index is 2.61. The van der Waals surface area contributed by atoms with Gasteiger partial charge in [0.25, 0.3) is 0 Å². The summed E-state index contributed by atoms with van der Waals surface area (Å²) in [7, 11) is 0. The van der Waals surface area contributed by atoms with Crippen molar-refractivity contribution in [2.75, 3.05) is 4.90 Å². The fraction of sp³-hybridized carbons (Fsp3) is 0.0294. The quantitative estimate of drug-likeness (QED) is 0.167. The van der Waals surface area contributed by atoms with Crippen LogP contribution in [-0.4, -0.2) is 0 Å². The van der Waals surface area contributed by atoms with Gasteiger partial charge in [-0.15, -0.1) is 0 Å². The smallest absolute Gasteiger partial charge is 0.0746 e. The lowest BCUT2D eigenvalue weighted by molar-refractivity contribution is 0.790. The van der Waals surface area contributed by atoms with Crippen molar-refractivity contribution in [2.24, 2.45) is 0 Å². The van der Waals surface area contributed by atoms with Crippen molar-refractivity contribution in [3.8, 4) is 66.8 Å². The van der Waals surface area contributed by atoms with Crippen LogP contribution in [-0.2, 0) is 10.8 Å². The van der Waals surface area contributed by atoms with Gasteiger partial charge in [0.05, 0.1) is 16.5 Å². The Hall–Kier alpha value is -8.78. The van der Waals surface area contributed by atoms with Crippen LogP contribution in [0.5, 0.6) is 0 Å². The van der Waals surface area contributed by atoms with Crippen LogP contribution in [0, 0.1) is 0 Å². The van der Waals surface area contributed by atoms with E-state index in [1.165, 1.54) is 111 Å². The molecule has 69 heavy (non-hydrogen) atoms. The molecule has 0 radical (unpaired) electrons. The number of hydrogen-bond donors (Lipinski definition) is 0. The first-order chi connectivity index (χ1) is 34.2. The standard InChI is InChI=1S/C68H43N/c1-3-20-44(21-4-1)46-40-47(45-22-5-2-6-23-45)42-49(41-46)69(48-38-39-56-54-28-9-15-33-60(54)67(64(56)43-48)58-31-13-7-24-50(58)51-25-8-14-32-59(51)67)65-37-19-30-57-55-29-12-18-36-63(55)68(66(57)65)61-34-16-10-26-52(61)53-27-11-17-35-62(53)68/h1-43H. The van der Waals surface area contributed by atoms with Crippen molar-refractivity contribution >= 4 is 17.1 Å². The molecule has 1 heteroatoms. The molecule has 11 aromatic rings. The van der Waals surface area contributed by atoms with Crippen LogP contribution in [0.2, 0.25) is 0 Å². The average Bonchev–Trinajstić information content (AvgIpc) is 4.11. The molecule has 4 aliphatic rings. The van der Waals surface area contributed by atoms with Gasteiger partial charge in [0.15, 0.2) is 0 Å². The lowest BCUT2D eigenvalue weighted by Gasteiger charge is -2.37. The predicted molar refractivity (Wildman–Crippen MR) is 285 cm³/mol. The van der Waals surface area contributed by atoms with Crippen LogP contribution in [0.15, 0.2) is 261 Å². The maximum Gasteiger partial charge on any atom is 0.0746 e. The van der Waals surface area contributed by atoms with E-state index in [1.54, 1.807) is 0 Å². The summed E-state index contributed by atoms with van der Waals surface area (Å²) in [5.74, 6) is 0. The summed E-state index contributed by atoms with van der Waals surface area (Å²) in [5, 5.41) is 0.